The molecule has 0 aromatic heterocycles. The maximum absolute atomic E-state index is 10.6. The van der Waals surface area contributed by atoms with E-state index in [9.17, 15) is 25.5 Å². The molecule has 0 unspecified atom stereocenters. The first kappa shape index (κ1) is 26.3. The number of aliphatic hydroxyl groups is 5. The van der Waals surface area contributed by atoms with E-state index in [4.69, 9.17) is 28.4 Å². The molecule has 0 saturated carbocycles. The van der Waals surface area contributed by atoms with Crippen LogP contribution in [0.1, 0.15) is 11.1 Å². The Hall–Kier alpha value is -3.32. The Bertz CT molecular complexity index is 1340. The largest absolute Gasteiger partial charge is 0.493 e. The maximum Gasteiger partial charge on any atom is 0.231 e. The van der Waals surface area contributed by atoms with Gasteiger partial charge in [0.2, 0.25) is 13.1 Å². The Labute approximate surface area is 218 Å². The molecule has 5 rings (SSSR count). The molecule has 0 bridgehead atoms. The topological polar surface area (TPSA) is 157 Å². The highest BCUT2D eigenvalue weighted by molar-refractivity contribution is 6.04. The molecule has 5 atom stereocenters. The monoisotopic (exact) mass is 530 g/mol. The van der Waals surface area contributed by atoms with Gasteiger partial charge in [-0.15, -0.1) is 0 Å². The van der Waals surface area contributed by atoms with E-state index in [-0.39, 0.29) is 12.5 Å². The van der Waals surface area contributed by atoms with Crippen LogP contribution >= 0.6 is 0 Å². The van der Waals surface area contributed by atoms with Gasteiger partial charge in [0.1, 0.15) is 30.2 Å². The molecule has 1 saturated heterocycles. The van der Waals surface area contributed by atoms with Crippen LogP contribution in [0.3, 0.4) is 0 Å². The molecule has 5 N–H and O–H groups in total. The normalized spacial score (nSPS) is 24.5. The summed E-state index contributed by atoms with van der Waals surface area (Å²) in [6.07, 6.45) is -7.42. The summed E-state index contributed by atoms with van der Waals surface area (Å²) in [5.74, 6) is 2.23. The smallest absolute Gasteiger partial charge is 0.231 e. The number of rotatable bonds is 7. The highest BCUT2D eigenvalue weighted by atomic mass is 16.7. The van der Waals surface area contributed by atoms with E-state index in [1.165, 1.54) is 14.2 Å². The molecule has 0 amide bonds. The maximum atomic E-state index is 10.6. The number of aliphatic hydroxyl groups excluding tert-OH is 5. The molecule has 38 heavy (non-hydrogen) atoms. The molecular formula is C27H30O11. The van der Waals surface area contributed by atoms with Crippen LogP contribution in [0, 0.1) is 6.92 Å². The number of hydrogen-bond donors (Lipinski definition) is 5. The summed E-state index contributed by atoms with van der Waals surface area (Å²) in [5, 5.41) is 52.3. The Morgan fingerprint density at radius 2 is 1.55 bits per heavy atom. The molecule has 2 aliphatic heterocycles. The summed E-state index contributed by atoms with van der Waals surface area (Å²) < 4.78 is 33.8. The SMILES string of the molecule is COc1cc2c(O[C@@H]3O[C@H](CO)[C@@H](O)[C@H](O)[C@H]3O)c(CO)c(C)c(-c3ccc4c(c3)OCO4)c2cc1OC. The lowest BCUT2D eigenvalue weighted by Gasteiger charge is -2.40. The average molecular weight is 531 g/mol. The number of ether oxygens (including phenoxy) is 6. The second-order valence-electron chi connectivity index (χ2n) is 9.10. The number of benzene rings is 3. The number of fused-ring (bicyclic) bond motifs is 2. The van der Waals surface area contributed by atoms with Crippen molar-refractivity contribution in [1.82, 2.24) is 0 Å². The van der Waals surface area contributed by atoms with Crippen molar-refractivity contribution in [1.29, 1.82) is 0 Å². The zero-order chi connectivity index (χ0) is 27.1. The van der Waals surface area contributed by atoms with Crippen LogP contribution in [0.4, 0.5) is 0 Å². The van der Waals surface area contributed by atoms with Crippen molar-refractivity contribution in [3.8, 4) is 39.9 Å². The molecule has 1 fully saturated rings. The van der Waals surface area contributed by atoms with Gasteiger partial charge in [-0.1, -0.05) is 6.07 Å². The summed E-state index contributed by atoms with van der Waals surface area (Å²) in [5.41, 5.74) is 2.63. The predicted octanol–water partition coefficient (Wildman–Crippen LogP) is 1.23. The molecule has 0 aliphatic carbocycles. The minimum atomic E-state index is -1.64. The van der Waals surface area contributed by atoms with Crippen LogP contribution in [0.25, 0.3) is 21.9 Å². The summed E-state index contributed by atoms with van der Waals surface area (Å²) in [6.45, 7) is 0.908. The van der Waals surface area contributed by atoms with E-state index in [0.717, 1.165) is 11.1 Å². The molecule has 0 radical (unpaired) electrons. The van der Waals surface area contributed by atoms with Gasteiger partial charge in [-0.25, -0.2) is 0 Å². The average Bonchev–Trinajstić information content (AvgIpc) is 3.40. The number of methoxy groups -OCH3 is 2. The minimum absolute atomic E-state index is 0.122. The Morgan fingerprint density at radius 1 is 0.868 bits per heavy atom. The lowest BCUT2D eigenvalue weighted by atomic mass is 9.89. The first-order chi connectivity index (χ1) is 18.3. The second kappa shape index (κ2) is 10.4. The van der Waals surface area contributed by atoms with Crippen molar-refractivity contribution in [3.05, 3.63) is 41.5 Å². The fourth-order valence-electron chi connectivity index (χ4n) is 4.99. The lowest BCUT2D eigenvalue weighted by Crippen LogP contribution is -2.60. The number of hydrogen-bond acceptors (Lipinski definition) is 11. The van der Waals surface area contributed by atoms with E-state index >= 15 is 0 Å². The van der Waals surface area contributed by atoms with Gasteiger partial charge in [0.15, 0.2) is 23.0 Å². The van der Waals surface area contributed by atoms with Crippen molar-refractivity contribution in [2.75, 3.05) is 27.6 Å². The van der Waals surface area contributed by atoms with E-state index in [2.05, 4.69) is 0 Å². The van der Waals surface area contributed by atoms with Crippen LogP contribution < -0.4 is 23.7 Å². The van der Waals surface area contributed by atoms with Gasteiger partial charge in [-0.2, -0.15) is 0 Å². The molecule has 204 valence electrons. The van der Waals surface area contributed by atoms with Crippen LogP contribution in [-0.2, 0) is 11.3 Å². The standard InChI is InChI=1S/C27H30O11/c1-12-16(9-28)26(38-27-25(32)24(31)23(30)21(10-29)37-27)15-8-19(34-3)18(33-2)7-14(15)22(12)13-4-5-17-20(6-13)36-11-35-17/h4-8,21,23-25,27-32H,9-11H2,1-3H3/t21-,23-,24+,25-,27+/m1/s1. The van der Waals surface area contributed by atoms with Gasteiger partial charge in [0.05, 0.1) is 27.4 Å². The van der Waals surface area contributed by atoms with Crippen molar-refractivity contribution < 1.29 is 54.0 Å². The lowest BCUT2D eigenvalue weighted by molar-refractivity contribution is -0.277. The van der Waals surface area contributed by atoms with Crippen molar-refractivity contribution in [3.63, 3.8) is 0 Å². The van der Waals surface area contributed by atoms with Crippen LogP contribution in [-0.4, -0.2) is 83.9 Å². The fraction of sp³-hybridized carbons (Fsp3) is 0.407. The molecule has 2 heterocycles. The van der Waals surface area contributed by atoms with Crippen molar-refractivity contribution >= 4 is 10.8 Å². The van der Waals surface area contributed by atoms with Crippen LogP contribution in [0.2, 0.25) is 0 Å². The van der Waals surface area contributed by atoms with E-state index < -0.39 is 43.9 Å². The molecule has 0 spiro atoms. The molecule has 3 aromatic carbocycles. The van der Waals surface area contributed by atoms with Crippen LogP contribution in [0.5, 0.6) is 28.7 Å². The third-order valence-electron chi connectivity index (χ3n) is 7.04. The van der Waals surface area contributed by atoms with Crippen molar-refractivity contribution in [2.24, 2.45) is 0 Å². The molecular weight excluding hydrogens is 500 g/mol. The van der Waals surface area contributed by atoms with E-state index in [0.29, 0.717) is 44.9 Å². The zero-order valence-electron chi connectivity index (χ0n) is 21.1. The molecule has 2 aliphatic rings. The van der Waals surface area contributed by atoms with Gasteiger partial charge in [0, 0.05) is 10.9 Å². The summed E-state index contributed by atoms with van der Waals surface area (Å²) in [6, 6.07) is 9.00. The zero-order valence-corrected chi connectivity index (χ0v) is 21.1. The quantitative estimate of drug-likeness (QED) is 0.299. The predicted molar refractivity (Wildman–Crippen MR) is 134 cm³/mol. The molecule has 11 nitrogen and oxygen atoms in total. The second-order valence-corrected chi connectivity index (χ2v) is 9.10. The Morgan fingerprint density at radius 3 is 2.21 bits per heavy atom. The summed E-state index contributed by atoms with van der Waals surface area (Å²) in [7, 11) is 3.01. The van der Waals surface area contributed by atoms with Gasteiger partial charge >= 0.3 is 0 Å². The first-order valence-corrected chi connectivity index (χ1v) is 12.0. The highest BCUT2D eigenvalue weighted by Gasteiger charge is 2.45. The highest BCUT2D eigenvalue weighted by Crippen LogP contribution is 2.47. The minimum Gasteiger partial charge on any atom is -0.493 e. The van der Waals surface area contributed by atoms with E-state index in [1.54, 1.807) is 18.2 Å². The van der Waals surface area contributed by atoms with Crippen LogP contribution in [0.15, 0.2) is 30.3 Å². The van der Waals surface area contributed by atoms with Gasteiger partial charge in [-0.3, -0.25) is 0 Å². The molecule has 11 heteroatoms. The van der Waals surface area contributed by atoms with Gasteiger partial charge in [0.25, 0.3) is 0 Å². The third-order valence-corrected chi connectivity index (χ3v) is 7.04. The summed E-state index contributed by atoms with van der Waals surface area (Å²) >= 11 is 0. The summed E-state index contributed by atoms with van der Waals surface area (Å²) in [4.78, 5) is 0. The third kappa shape index (κ3) is 4.27. The first-order valence-electron chi connectivity index (χ1n) is 12.0. The molecule has 3 aromatic rings. The van der Waals surface area contributed by atoms with Crippen molar-refractivity contribution in [2.45, 2.75) is 44.2 Å². The Kier molecular flexibility index (Phi) is 7.23. The fourth-order valence-corrected chi connectivity index (χ4v) is 4.99. The van der Waals surface area contributed by atoms with Gasteiger partial charge in [-0.05, 0) is 53.3 Å². The van der Waals surface area contributed by atoms with Gasteiger partial charge < -0.3 is 54.0 Å². The Balaban J connectivity index is 1.73. The van der Waals surface area contributed by atoms with E-state index in [1.807, 2.05) is 19.1 Å².